The lowest BCUT2D eigenvalue weighted by Crippen LogP contribution is -2.25. The quantitative estimate of drug-likeness (QED) is 0.875. The van der Waals surface area contributed by atoms with Crippen LogP contribution in [0.3, 0.4) is 0 Å². The Labute approximate surface area is 120 Å². The van der Waals surface area contributed by atoms with Crippen molar-refractivity contribution >= 4 is 5.82 Å². The second kappa shape index (κ2) is 7.01. The molecule has 0 saturated heterocycles. The van der Waals surface area contributed by atoms with Crippen molar-refractivity contribution in [2.75, 3.05) is 18.0 Å². The van der Waals surface area contributed by atoms with Gasteiger partial charge >= 0.3 is 0 Å². The SMILES string of the molecule is CCN(Cc1cccc(C)n1)c1ncccc1CCN. The molecule has 2 rings (SSSR count). The molecule has 0 radical (unpaired) electrons. The maximum Gasteiger partial charge on any atom is 0.132 e. The van der Waals surface area contributed by atoms with Crippen molar-refractivity contribution in [1.82, 2.24) is 9.97 Å². The zero-order chi connectivity index (χ0) is 14.4. The lowest BCUT2D eigenvalue weighted by atomic mass is 10.1. The largest absolute Gasteiger partial charge is 0.351 e. The third-order valence-electron chi connectivity index (χ3n) is 3.26. The van der Waals surface area contributed by atoms with Crippen molar-refractivity contribution in [2.24, 2.45) is 5.73 Å². The van der Waals surface area contributed by atoms with Crippen LogP contribution >= 0.6 is 0 Å². The van der Waals surface area contributed by atoms with Gasteiger partial charge in [0.05, 0.1) is 12.2 Å². The number of nitrogens with two attached hydrogens (primary N) is 1. The van der Waals surface area contributed by atoms with Gasteiger partial charge in [-0.2, -0.15) is 0 Å². The van der Waals surface area contributed by atoms with E-state index in [1.54, 1.807) is 0 Å². The predicted molar refractivity (Wildman–Crippen MR) is 82.7 cm³/mol. The summed E-state index contributed by atoms with van der Waals surface area (Å²) in [5, 5.41) is 0. The van der Waals surface area contributed by atoms with Crippen LogP contribution < -0.4 is 10.6 Å². The number of aromatic nitrogens is 2. The van der Waals surface area contributed by atoms with Gasteiger partial charge in [0.1, 0.15) is 5.82 Å². The van der Waals surface area contributed by atoms with E-state index in [1.807, 2.05) is 31.3 Å². The van der Waals surface area contributed by atoms with E-state index >= 15 is 0 Å². The Kier molecular flexibility index (Phi) is 5.07. The third-order valence-corrected chi connectivity index (χ3v) is 3.26. The lowest BCUT2D eigenvalue weighted by molar-refractivity contribution is 0.779. The molecule has 0 bridgehead atoms. The van der Waals surface area contributed by atoms with Gasteiger partial charge in [-0.15, -0.1) is 0 Å². The van der Waals surface area contributed by atoms with E-state index in [4.69, 9.17) is 5.73 Å². The van der Waals surface area contributed by atoms with E-state index in [0.29, 0.717) is 6.54 Å². The Balaban J connectivity index is 2.24. The number of aryl methyl sites for hydroxylation is 1. The molecule has 0 atom stereocenters. The first-order valence-corrected chi connectivity index (χ1v) is 7.06. The first-order chi connectivity index (χ1) is 9.74. The Morgan fingerprint density at radius 2 is 2.05 bits per heavy atom. The smallest absolute Gasteiger partial charge is 0.132 e. The summed E-state index contributed by atoms with van der Waals surface area (Å²) >= 11 is 0. The van der Waals surface area contributed by atoms with Crippen molar-refractivity contribution in [2.45, 2.75) is 26.8 Å². The van der Waals surface area contributed by atoms with Crippen LogP contribution in [-0.4, -0.2) is 23.1 Å². The number of pyridine rings is 2. The molecule has 2 aromatic heterocycles. The molecular weight excluding hydrogens is 248 g/mol. The molecule has 2 aromatic rings. The second-order valence-electron chi connectivity index (χ2n) is 4.81. The fraction of sp³-hybridized carbons (Fsp3) is 0.375. The summed E-state index contributed by atoms with van der Waals surface area (Å²) in [5.41, 5.74) is 8.99. The zero-order valence-corrected chi connectivity index (χ0v) is 12.2. The minimum absolute atomic E-state index is 0.638. The van der Waals surface area contributed by atoms with Gasteiger partial charge in [0.15, 0.2) is 0 Å². The highest BCUT2D eigenvalue weighted by Gasteiger charge is 2.11. The van der Waals surface area contributed by atoms with Gasteiger partial charge in [-0.05, 0) is 50.6 Å². The van der Waals surface area contributed by atoms with Crippen LogP contribution in [0.5, 0.6) is 0 Å². The predicted octanol–water partition coefficient (Wildman–Crippen LogP) is 2.31. The highest BCUT2D eigenvalue weighted by molar-refractivity contribution is 5.47. The molecule has 0 aromatic carbocycles. The molecule has 0 aliphatic heterocycles. The van der Waals surface area contributed by atoms with Crippen molar-refractivity contribution < 1.29 is 0 Å². The first kappa shape index (κ1) is 14.5. The van der Waals surface area contributed by atoms with Gasteiger partial charge in [0.2, 0.25) is 0 Å². The molecule has 0 unspecified atom stereocenters. The average molecular weight is 270 g/mol. The van der Waals surface area contributed by atoms with Crippen LogP contribution in [0, 0.1) is 6.92 Å². The van der Waals surface area contributed by atoms with Gasteiger partial charge in [0, 0.05) is 18.4 Å². The summed E-state index contributed by atoms with van der Waals surface area (Å²) < 4.78 is 0. The molecule has 2 heterocycles. The van der Waals surface area contributed by atoms with Crippen molar-refractivity contribution in [1.29, 1.82) is 0 Å². The van der Waals surface area contributed by atoms with Crippen molar-refractivity contribution in [3.63, 3.8) is 0 Å². The molecule has 0 spiro atoms. The average Bonchev–Trinajstić information content (AvgIpc) is 2.46. The Bertz CT molecular complexity index is 554. The van der Waals surface area contributed by atoms with Crippen LogP contribution in [-0.2, 0) is 13.0 Å². The van der Waals surface area contributed by atoms with E-state index < -0.39 is 0 Å². The van der Waals surface area contributed by atoms with Crippen LogP contribution in [0.2, 0.25) is 0 Å². The van der Waals surface area contributed by atoms with Crippen molar-refractivity contribution in [3.05, 3.63) is 53.5 Å². The van der Waals surface area contributed by atoms with Gasteiger partial charge in [0.25, 0.3) is 0 Å². The second-order valence-corrected chi connectivity index (χ2v) is 4.81. The number of nitrogens with zero attached hydrogens (tertiary/aromatic N) is 3. The molecule has 4 heteroatoms. The summed E-state index contributed by atoms with van der Waals surface area (Å²) in [6.07, 6.45) is 2.68. The maximum atomic E-state index is 5.68. The standard InChI is InChI=1S/C16H22N4/c1-3-20(12-15-8-4-6-13(2)19-15)16-14(9-10-17)7-5-11-18-16/h4-8,11H,3,9-10,12,17H2,1-2H3. The molecule has 4 nitrogen and oxygen atoms in total. The highest BCUT2D eigenvalue weighted by atomic mass is 15.2. The van der Waals surface area contributed by atoms with Crippen LogP contribution in [0.4, 0.5) is 5.82 Å². The minimum Gasteiger partial charge on any atom is -0.351 e. The van der Waals surface area contributed by atoms with Gasteiger partial charge < -0.3 is 10.6 Å². The number of hydrogen-bond acceptors (Lipinski definition) is 4. The molecule has 2 N–H and O–H groups in total. The Morgan fingerprint density at radius 1 is 1.20 bits per heavy atom. The topological polar surface area (TPSA) is 55.0 Å². The number of rotatable bonds is 6. The van der Waals surface area contributed by atoms with E-state index in [0.717, 1.165) is 36.7 Å². The number of anilines is 1. The van der Waals surface area contributed by atoms with E-state index in [2.05, 4.69) is 33.9 Å². The monoisotopic (exact) mass is 270 g/mol. The van der Waals surface area contributed by atoms with Gasteiger partial charge in [-0.3, -0.25) is 4.98 Å². The summed E-state index contributed by atoms with van der Waals surface area (Å²) in [5.74, 6) is 1.02. The van der Waals surface area contributed by atoms with E-state index in [-0.39, 0.29) is 0 Å². The van der Waals surface area contributed by atoms with Crippen LogP contribution in [0.15, 0.2) is 36.5 Å². The van der Waals surface area contributed by atoms with Crippen molar-refractivity contribution in [3.8, 4) is 0 Å². The molecule has 0 aliphatic rings. The van der Waals surface area contributed by atoms with E-state index in [9.17, 15) is 0 Å². The zero-order valence-electron chi connectivity index (χ0n) is 12.2. The highest BCUT2D eigenvalue weighted by Crippen LogP contribution is 2.19. The lowest BCUT2D eigenvalue weighted by Gasteiger charge is -2.24. The maximum absolute atomic E-state index is 5.68. The molecule has 0 amide bonds. The van der Waals surface area contributed by atoms with Crippen LogP contribution in [0.25, 0.3) is 0 Å². The molecule has 0 fully saturated rings. The summed E-state index contributed by atoms with van der Waals surface area (Å²) in [6, 6.07) is 10.2. The molecular formula is C16H22N4. The minimum atomic E-state index is 0.638. The summed E-state index contributed by atoms with van der Waals surface area (Å²) in [6.45, 7) is 6.45. The molecule has 20 heavy (non-hydrogen) atoms. The molecule has 0 aliphatic carbocycles. The van der Waals surface area contributed by atoms with Crippen LogP contribution in [0.1, 0.15) is 23.9 Å². The van der Waals surface area contributed by atoms with E-state index in [1.165, 1.54) is 5.56 Å². The fourth-order valence-electron chi connectivity index (χ4n) is 2.29. The normalized spacial score (nSPS) is 10.6. The van der Waals surface area contributed by atoms with Gasteiger partial charge in [-0.1, -0.05) is 12.1 Å². The number of hydrogen-bond donors (Lipinski definition) is 1. The fourth-order valence-corrected chi connectivity index (χ4v) is 2.29. The Morgan fingerprint density at radius 3 is 2.75 bits per heavy atom. The summed E-state index contributed by atoms with van der Waals surface area (Å²) in [4.78, 5) is 11.3. The Hall–Kier alpha value is -1.94. The van der Waals surface area contributed by atoms with Gasteiger partial charge in [-0.25, -0.2) is 4.98 Å². The first-order valence-electron chi connectivity index (χ1n) is 7.06. The molecule has 0 saturated carbocycles. The summed E-state index contributed by atoms with van der Waals surface area (Å²) in [7, 11) is 0. The molecule has 106 valence electrons. The third kappa shape index (κ3) is 3.54.